The first-order valence-electron chi connectivity index (χ1n) is 6.38. The Morgan fingerprint density at radius 3 is 2.56 bits per heavy atom. The largest absolute Gasteiger partial charge is 0.481 e. The Kier molecular flexibility index (Phi) is 5.55. The van der Waals surface area contributed by atoms with Crippen molar-refractivity contribution in [1.29, 1.82) is 0 Å². The van der Waals surface area contributed by atoms with Gasteiger partial charge in [-0.2, -0.15) is 0 Å². The number of hydrogen-bond donors (Lipinski definition) is 2. The second-order valence-electron chi connectivity index (χ2n) is 4.61. The van der Waals surface area contributed by atoms with E-state index in [2.05, 4.69) is 0 Å². The Hall–Kier alpha value is -1.14. The predicted molar refractivity (Wildman–Crippen MR) is 66.0 cm³/mol. The van der Waals surface area contributed by atoms with Crippen molar-refractivity contribution in [2.75, 3.05) is 19.8 Å². The van der Waals surface area contributed by atoms with Crippen LogP contribution in [0.15, 0.2) is 0 Å². The molecule has 1 heterocycles. The summed E-state index contributed by atoms with van der Waals surface area (Å²) in [4.78, 5) is 24.5. The third kappa shape index (κ3) is 3.20. The number of amides is 1. The smallest absolute Gasteiger partial charge is 0.310 e. The van der Waals surface area contributed by atoms with E-state index in [-0.39, 0.29) is 12.6 Å². The van der Waals surface area contributed by atoms with E-state index in [1.165, 1.54) is 0 Å². The monoisotopic (exact) mass is 258 g/mol. The van der Waals surface area contributed by atoms with E-state index >= 15 is 0 Å². The van der Waals surface area contributed by atoms with Crippen LogP contribution in [0.25, 0.3) is 0 Å². The summed E-state index contributed by atoms with van der Waals surface area (Å²) >= 11 is 0. The van der Waals surface area contributed by atoms with Crippen LogP contribution in [-0.2, 0) is 14.3 Å². The van der Waals surface area contributed by atoms with Crippen LogP contribution >= 0.6 is 0 Å². The summed E-state index contributed by atoms with van der Waals surface area (Å²) in [6.45, 7) is 5.07. The molecule has 6 nitrogen and oxygen atoms in total. The molecule has 0 radical (unpaired) electrons. The number of carboxylic acids is 1. The van der Waals surface area contributed by atoms with Gasteiger partial charge in [-0.05, 0) is 19.4 Å². The molecule has 0 spiro atoms. The van der Waals surface area contributed by atoms with Crippen LogP contribution in [0.2, 0.25) is 0 Å². The average Bonchev–Trinajstić information content (AvgIpc) is 2.77. The highest BCUT2D eigenvalue weighted by Gasteiger charge is 2.41. The molecular weight excluding hydrogens is 236 g/mol. The van der Waals surface area contributed by atoms with E-state index in [1.54, 1.807) is 0 Å². The summed E-state index contributed by atoms with van der Waals surface area (Å²) in [5.74, 6) is -1.86. The van der Waals surface area contributed by atoms with Gasteiger partial charge in [0.1, 0.15) is 0 Å². The molecule has 1 aliphatic heterocycles. The fourth-order valence-electron chi connectivity index (χ4n) is 2.52. The number of ether oxygens (including phenoxy) is 1. The van der Waals surface area contributed by atoms with Crippen molar-refractivity contribution >= 4 is 11.9 Å². The van der Waals surface area contributed by atoms with Crippen LogP contribution in [0.4, 0.5) is 0 Å². The Morgan fingerprint density at radius 2 is 2.11 bits per heavy atom. The maximum atomic E-state index is 11.5. The first kappa shape index (κ1) is 14.9. The van der Waals surface area contributed by atoms with Gasteiger partial charge in [-0.15, -0.1) is 0 Å². The summed E-state index contributed by atoms with van der Waals surface area (Å²) in [6.07, 6.45) is 1.42. The molecule has 0 saturated carbocycles. The van der Waals surface area contributed by atoms with Gasteiger partial charge >= 0.3 is 5.97 Å². The predicted octanol–water partition coefficient (Wildman–Crippen LogP) is 0.0619. The van der Waals surface area contributed by atoms with Gasteiger partial charge in [0.15, 0.2) is 0 Å². The lowest BCUT2D eigenvalue weighted by atomic mass is 9.99. The van der Waals surface area contributed by atoms with Gasteiger partial charge in [-0.3, -0.25) is 14.5 Å². The number of rotatable bonds is 7. The van der Waals surface area contributed by atoms with Crippen LogP contribution in [0.5, 0.6) is 0 Å². The van der Waals surface area contributed by atoms with Crippen molar-refractivity contribution in [1.82, 2.24) is 4.90 Å². The molecule has 3 unspecified atom stereocenters. The molecule has 3 atom stereocenters. The number of aliphatic carboxylic acids is 1. The van der Waals surface area contributed by atoms with Gasteiger partial charge in [-0.25, -0.2) is 0 Å². The SMILES string of the molecule is CCCN(C(CC)C(N)=O)C1COCC1C(=O)O. The lowest BCUT2D eigenvalue weighted by Gasteiger charge is -2.35. The van der Waals surface area contributed by atoms with E-state index in [1.807, 2.05) is 18.7 Å². The molecule has 1 fully saturated rings. The van der Waals surface area contributed by atoms with E-state index in [0.29, 0.717) is 19.6 Å². The van der Waals surface area contributed by atoms with Crippen molar-refractivity contribution in [3.8, 4) is 0 Å². The maximum absolute atomic E-state index is 11.5. The van der Waals surface area contributed by atoms with Crippen molar-refractivity contribution in [3.63, 3.8) is 0 Å². The van der Waals surface area contributed by atoms with Gasteiger partial charge in [0.05, 0.1) is 25.2 Å². The fraction of sp³-hybridized carbons (Fsp3) is 0.833. The van der Waals surface area contributed by atoms with Crippen molar-refractivity contribution in [2.45, 2.75) is 38.8 Å². The third-order valence-electron chi connectivity index (χ3n) is 3.39. The summed E-state index contributed by atoms with van der Waals surface area (Å²) in [5.41, 5.74) is 5.40. The lowest BCUT2D eigenvalue weighted by Crippen LogP contribution is -2.53. The Balaban J connectivity index is 2.89. The molecule has 0 aromatic rings. The van der Waals surface area contributed by atoms with Crippen LogP contribution in [-0.4, -0.2) is 53.7 Å². The Bertz CT molecular complexity index is 308. The number of carbonyl (C=O) groups excluding carboxylic acids is 1. The van der Waals surface area contributed by atoms with E-state index in [4.69, 9.17) is 10.5 Å². The summed E-state index contributed by atoms with van der Waals surface area (Å²) in [5, 5.41) is 9.17. The number of nitrogens with two attached hydrogens (primary N) is 1. The van der Waals surface area contributed by atoms with E-state index in [9.17, 15) is 14.7 Å². The highest BCUT2D eigenvalue weighted by Crippen LogP contribution is 2.23. The number of carbonyl (C=O) groups is 2. The molecule has 6 heteroatoms. The number of carboxylic acid groups (broad SMARTS) is 1. The molecule has 1 aliphatic rings. The quantitative estimate of drug-likeness (QED) is 0.673. The molecule has 18 heavy (non-hydrogen) atoms. The van der Waals surface area contributed by atoms with Crippen LogP contribution in [0.3, 0.4) is 0 Å². The molecule has 0 aliphatic carbocycles. The Labute approximate surface area is 107 Å². The molecule has 1 saturated heterocycles. The molecule has 0 bridgehead atoms. The van der Waals surface area contributed by atoms with Gasteiger partial charge in [-0.1, -0.05) is 13.8 Å². The van der Waals surface area contributed by atoms with Crippen molar-refractivity contribution < 1.29 is 19.4 Å². The van der Waals surface area contributed by atoms with Crippen LogP contribution < -0.4 is 5.73 Å². The number of nitrogens with zero attached hydrogens (tertiary/aromatic N) is 1. The summed E-state index contributed by atoms with van der Waals surface area (Å²) < 4.78 is 5.26. The van der Waals surface area contributed by atoms with Gasteiger partial charge < -0.3 is 15.6 Å². The number of primary amides is 1. The first-order chi connectivity index (χ1) is 8.52. The first-order valence-corrected chi connectivity index (χ1v) is 6.38. The van der Waals surface area contributed by atoms with E-state index < -0.39 is 23.8 Å². The molecule has 104 valence electrons. The number of hydrogen-bond acceptors (Lipinski definition) is 4. The van der Waals surface area contributed by atoms with Crippen molar-refractivity contribution in [2.24, 2.45) is 11.7 Å². The topological polar surface area (TPSA) is 92.9 Å². The minimum atomic E-state index is -0.877. The minimum Gasteiger partial charge on any atom is -0.481 e. The van der Waals surface area contributed by atoms with Gasteiger partial charge in [0.25, 0.3) is 0 Å². The van der Waals surface area contributed by atoms with Crippen LogP contribution in [0, 0.1) is 5.92 Å². The van der Waals surface area contributed by atoms with Crippen LogP contribution in [0.1, 0.15) is 26.7 Å². The maximum Gasteiger partial charge on any atom is 0.310 e. The molecule has 1 rings (SSSR count). The molecule has 3 N–H and O–H groups in total. The standard InChI is InChI=1S/C12H22N2O4/c1-3-5-14(9(4-2)11(13)15)10-7-18-6-8(10)12(16)17/h8-10H,3-7H2,1-2H3,(H2,13,15)(H,16,17). The summed E-state index contributed by atoms with van der Waals surface area (Å²) in [6, 6.07) is -0.682. The second kappa shape index (κ2) is 6.70. The van der Waals surface area contributed by atoms with E-state index in [0.717, 1.165) is 6.42 Å². The average molecular weight is 258 g/mol. The Morgan fingerprint density at radius 1 is 1.44 bits per heavy atom. The molecule has 0 aromatic heterocycles. The highest BCUT2D eigenvalue weighted by atomic mass is 16.5. The highest BCUT2D eigenvalue weighted by molar-refractivity contribution is 5.80. The minimum absolute atomic E-state index is 0.204. The van der Waals surface area contributed by atoms with Gasteiger partial charge in [0.2, 0.25) is 5.91 Å². The van der Waals surface area contributed by atoms with Gasteiger partial charge in [0, 0.05) is 6.04 Å². The zero-order valence-electron chi connectivity index (χ0n) is 11.0. The molecular formula is C12H22N2O4. The second-order valence-corrected chi connectivity index (χ2v) is 4.61. The fourth-order valence-corrected chi connectivity index (χ4v) is 2.52. The molecule has 1 amide bonds. The normalized spacial score (nSPS) is 25.3. The zero-order chi connectivity index (χ0) is 13.7. The van der Waals surface area contributed by atoms with Crippen molar-refractivity contribution in [3.05, 3.63) is 0 Å². The third-order valence-corrected chi connectivity index (χ3v) is 3.39. The zero-order valence-corrected chi connectivity index (χ0v) is 11.0. The molecule has 0 aromatic carbocycles. The summed E-state index contributed by atoms with van der Waals surface area (Å²) in [7, 11) is 0. The lowest BCUT2D eigenvalue weighted by molar-refractivity contribution is -0.144.